The van der Waals surface area contributed by atoms with Gasteiger partial charge in [-0.3, -0.25) is 37.3 Å². The fraction of sp³-hybridized carbons (Fsp3) is 0.726. The molecule has 0 heterocycles. The molecule has 0 aliphatic rings. The van der Waals surface area contributed by atoms with Crippen LogP contribution in [0.1, 0.15) is 285 Å². The molecule has 530 valence electrons. The first kappa shape index (κ1) is 88.0. The molecule has 3 N–H and O–H groups in total. The first-order valence-electron chi connectivity index (χ1n) is 35.5. The van der Waals surface area contributed by atoms with Gasteiger partial charge in [-0.15, -0.1) is 0 Å². The molecule has 0 aromatic carbocycles. The first-order valence-corrected chi connectivity index (χ1v) is 38.5. The Kier molecular flexibility index (Phi) is 62.8. The molecule has 0 fully saturated rings. The summed E-state index contributed by atoms with van der Waals surface area (Å²) in [6.45, 7) is 4.52. The maximum atomic E-state index is 13.0. The minimum atomic E-state index is -4.99. The van der Waals surface area contributed by atoms with Crippen molar-refractivity contribution in [3.8, 4) is 0 Å². The number of esters is 4. The number of aliphatic hydroxyl groups excluding tert-OH is 1. The molecular weight excluding hydrogens is 1210 g/mol. The molecule has 0 saturated heterocycles. The van der Waals surface area contributed by atoms with Gasteiger partial charge in [-0.1, -0.05) is 253 Å². The number of carbonyl (C=O) groups is 4. The van der Waals surface area contributed by atoms with Gasteiger partial charge < -0.3 is 33.8 Å². The Labute approximate surface area is 557 Å². The molecule has 5 unspecified atom stereocenters. The van der Waals surface area contributed by atoms with Crippen LogP contribution in [0.3, 0.4) is 0 Å². The van der Waals surface area contributed by atoms with Gasteiger partial charge in [0.05, 0.1) is 26.4 Å². The summed E-state index contributed by atoms with van der Waals surface area (Å²) in [7, 11) is -9.95. The number of rotatable bonds is 66. The fourth-order valence-electron chi connectivity index (χ4n) is 9.20. The zero-order valence-electron chi connectivity index (χ0n) is 57.4. The summed E-state index contributed by atoms with van der Waals surface area (Å²) in [4.78, 5) is 72.5. The quantitative estimate of drug-likeness (QED) is 0.0169. The summed E-state index contributed by atoms with van der Waals surface area (Å²) in [5.74, 6) is -2.26. The summed E-state index contributed by atoms with van der Waals surface area (Å²) < 4.78 is 68.1. The van der Waals surface area contributed by atoms with Crippen molar-refractivity contribution in [2.75, 3.05) is 39.6 Å². The largest absolute Gasteiger partial charge is 0.472 e. The number of unbranched alkanes of at least 4 members (excludes halogenated alkanes) is 24. The third-order valence-electron chi connectivity index (χ3n) is 14.6. The van der Waals surface area contributed by atoms with E-state index in [1.165, 1.54) is 83.5 Å². The van der Waals surface area contributed by atoms with E-state index in [0.717, 1.165) is 116 Å². The second kappa shape index (κ2) is 65.6. The zero-order valence-corrected chi connectivity index (χ0v) is 59.2. The van der Waals surface area contributed by atoms with Crippen LogP contribution < -0.4 is 0 Å². The second-order valence-corrected chi connectivity index (χ2v) is 26.3. The van der Waals surface area contributed by atoms with Gasteiger partial charge in [-0.05, 0) is 103 Å². The summed E-state index contributed by atoms with van der Waals surface area (Å²) in [6, 6.07) is 0. The number of allylic oxidation sites excluding steroid dienone is 16. The van der Waals surface area contributed by atoms with Crippen LogP contribution in [0.5, 0.6) is 0 Å². The van der Waals surface area contributed by atoms with Gasteiger partial charge >= 0.3 is 39.5 Å². The van der Waals surface area contributed by atoms with Gasteiger partial charge in [0.2, 0.25) is 0 Å². The Hall–Kier alpha value is -4.02. The Morgan fingerprint density at radius 3 is 0.870 bits per heavy atom. The Morgan fingerprint density at radius 2 is 0.565 bits per heavy atom. The highest BCUT2D eigenvalue weighted by Crippen LogP contribution is 2.45. The topological polar surface area (TPSA) is 237 Å². The minimum absolute atomic E-state index is 0.0331. The fourth-order valence-corrected chi connectivity index (χ4v) is 10.8. The Balaban J connectivity index is 5.39. The van der Waals surface area contributed by atoms with Crippen LogP contribution in [0.25, 0.3) is 0 Å². The molecule has 17 nitrogen and oxygen atoms in total. The van der Waals surface area contributed by atoms with Crippen LogP contribution in [0.15, 0.2) is 97.2 Å². The molecule has 0 radical (unpaired) electrons. The van der Waals surface area contributed by atoms with E-state index in [2.05, 4.69) is 125 Å². The van der Waals surface area contributed by atoms with Gasteiger partial charge in [0, 0.05) is 25.7 Å². The number of hydrogen-bond donors (Lipinski definition) is 3. The number of phosphoric acid groups is 2. The van der Waals surface area contributed by atoms with E-state index < -0.39 is 97.5 Å². The van der Waals surface area contributed by atoms with Gasteiger partial charge in [0.25, 0.3) is 0 Å². The van der Waals surface area contributed by atoms with Crippen LogP contribution in [-0.4, -0.2) is 96.7 Å². The molecular formula is C73H126O17P2. The van der Waals surface area contributed by atoms with Crippen molar-refractivity contribution in [3.63, 3.8) is 0 Å². The summed E-state index contributed by atoms with van der Waals surface area (Å²) in [6.07, 6.45) is 65.8. The molecule has 0 aromatic heterocycles. The SMILES string of the molecule is CC/C=C\C/C=C\C/C=C\C/C=C\CCCCC(=O)OCC(COP(=O)(O)OCC(O)COP(=O)(O)OCC(COC(=O)CCCCCCCCCCCCC)OC(=O)CCCCCCCCCCCCC)OC(=O)CCCC/C=C\C/C=C\C/C=C\C/C=C\CC. The first-order chi connectivity index (χ1) is 44.7. The van der Waals surface area contributed by atoms with E-state index in [-0.39, 0.29) is 25.7 Å². The summed E-state index contributed by atoms with van der Waals surface area (Å²) >= 11 is 0. The molecule has 0 saturated carbocycles. The lowest BCUT2D eigenvalue weighted by Gasteiger charge is -2.21. The lowest BCUT2D eigenvalue weighted by molar-refractivity contribution is -0.161. The number of hydrogen-bond acceptors (Lipinski definition) is 15. The molecule has 19 heteroatoms. The van der Waals surface area contributed by atoms with Crippen molar-refractivity contribution in [2.45, 2.75) is 303 Å². The van der Waals surface area contributed by atoms with Crippen LogP contribution >= 0.6 is 15.6 Å². The Bertz CT molecular complexity index is 2130. The van der Waals surface area contributed by atoms with E-state index in [4.69, 9.17) is 37.0 Å². The molecule has 0 bridgehead atoms. The number of phosphoric ester groups is 2. The van der Waals surface area contributed by atoms with Crippen LogP contribution in [0.2, 0.25) is 0 Å². The third-order valence-corrected chi connectivity index (χ3v) is 16.5. The average Bonchev–Trinajstić information content (AvgIpc) is 2.93. The van der Waals surface area contributed by atoms with Crippen molar-refractivity contribution >= 4 is 39.5 Å². The summed E-state index contributed by atoms with van der Waals surface area (Å²) in [5.41, 5.74) is 0. The molecule has 0 spiro atoms. The van der Waals surface area contributed by atoms with Crippen LogP contribution in [0.4, 0.5) is 0 Å². The number of carbonyl (C=O) groups excluding carboxylic acids is 4. The predicted octanol–water partition coefficient (Wildman–Crippen LogP) is 19.7. The van der Waals surface area contributed by atoms with Crippen molar-refractivity contribution in [1.29, 1.82) is 0 Å². The standard InChI is InChI=1S/C73H126O17P2/c1-5-9-13-17-21-25-29-31-33-35-39-42-46-50-54-58-71(76)84-64-69(90-73(78)60-56-52-48-44-40-36-34-32-30-26-22-18-14-10-6-2)66-88-92(81,82)86-62-67(74)61-85-91(79,80)87-65-68(89-72(77)59-55-51-47-43-38-28-24-20-16-12-8-4)63-83-70(75)57-53-49-45-41-37-27-23-19-15-11-7-3/h9-10,13-14,21-22,25-26,31-34,39-40,42,44,67-69,74H,5-8,11-12,15-20,23-24,27-30,35-38,41,43,45-66H2,1-4H3,(H,79,80)(H,81,82)/b13-9-,14-10-,25-21-,26-22-,33-31-,34-32-,42-39-,44-40-. The van der Waals surface area contributed by atoms with Crippen molar-refractivity contribution < 1.29 is 80.2 Å². The normalized spacial score (nSPS) is 14.6. The van der Waals surface area contributed by atoms with Gasteiger partial charge in [0.15, 0.2) is 12.2 Å². The Morgan fingerprint density at radius 1 is 0.315 bits per heavy atom. The van der Waals surface area contributed by atoms with Gasteiger partial charge in [-0.25, -0.2) is 9.13 Å². The third kappa shape index (κ3) is 64.7. The van der Waals surface area contributed by atoms with Crippen LogP contribution in [0, 0.1) is 0 Å². The highest BCUT2D eigenvalue weighted by atomic mass is 31.2. The smallest absolute Gasteiger partial charge is 0.462 e. The second-order valence-electron chi connectivity index (χ2n) is 23.4. The van der Waals surface area contributed by atoms with Crippen LogP contribution in [-0.2, 0) is 65.4 Å². The number of aliphatic hydroxyl groups is 1. The maximum absolute atomic E-state index is 13.0. The van der Waals surface area contributed by atoms with Crippen molar-refractivity contribution in [3.05, 3.63) is 97.2 Å². The zero-order chi connectivity index (χ0) is 67.5. The minimum Gasteiger partial charge on any atom is -0.462 e. The average molecular weight is 1340 g/mol. The molecule has 0 aromatic rings. The van der Waals surface area contributed by atoms with E-state index in [1.807, 2.05) is 0 Å². The lowest BCUT2D eigenvalue weighted by atomic mass is 10.1. The van der Waals surface area contributed by atoms with Crippen molar-refractivity contribution in [1.82, 2.24) is 0 Å². The van der Waals surface area contributed by atoms with Gasteiger partial charge in [0.1, 0.15) is 19.3 Å². The predicted molar refractivity (Wildman–Crippen MR) is 372 cm³/mol. The number of ether oxygens (including phenoxy) is 4. The van der Waals surface area contributed by atoms with E-state index >= 15 is 0 Å². The molecule has 0 rings (SSSR count). The molecule has 92 heavy (non-hydrogen) atoms. The molecule has 0 amide bonds. The molecule has 5 atom stereocenters. The van der Waals surface area contributed by atoms with Gasteiger partial charge in [-0.2, -0.15) is 0 Å². The highest BCUT2D eigenvalue weighted by Gasteiger charge is 2.30. The van der Waals surface area contributed by atoms with E-state index in [0.29, 0.717) is 32.1 Å². The van der Waals surface area contributed by atoms with E-state index in [1.54, 1.807) is 0 Å². The highest BCUT2D eigenvalue weighted by molar-refractivity contribution is 7.47. The lowest BCUT2D eigenvalue weighted by Crippen LogP contribution is -2.30. The summed E-state index contributed by atoms with van der Waals surface area (Å²) in [5, 5.41) is 10.6. The van der Waals surface area contributed by atoms with Crippen molar-refractivity contribution in [2.24, 2.45) is 0 Å². The maximum Gasteiger partial charge on any atom is 0.472 e. The molecule has 0 aliphatic heterocycles. The van der Waals surface area contributed by atoms with E-state index in [9.17, 15) is 43.2 Å². The monoisotopic (exact) mass is 1340 g/mol. The molecule has 0 aliphatic carbocycles.